The zero-order valence-electron chi connectivity index (χ0n) is 10.8. The summed E-state index contributed by atoms with van der Waals surface area (Å²) < 4.78 is 5.53. The number of ether oxygens (including phenoxy) is 1. The number of H-pyrrole nitrogens is 1. The molecule has 0 radical (unpaired) electrons. The fourth-order valence-corrected chi connectivity index (χ4v) is 2.19. The third kappa shape index (κ3) is 2.48. The van der Waals surface area contributed by atoms with Crippen molar-refractivity contribution in [2.24, 2.45) is 0 Å². The highest BCUT2D eigenvalue weighted by molar-refractivity contribution is 5.97. The first kappa shape index (κ1) is 12.9. The van der Waals surface area contributed by atoms with E-state index in [1.54, 1.807) is 0 Å². The molecule has 6 heteroatoms. The second-order valence-corrected chi connectivity index (χ2v) is 4.63. The molecule has 1 amide bonds. The van der Waals surface area contributed by atoms with Gasteiger partial charge in [0.25, 0.3) is 5.91 Å². The molecule has 100 valence electrons. The summed E-state index contributed by atoms with van der Waals surface area (Å²) in [6, 6.07) is -0.0267. The van der Waals surface area contributed by atoms with Crippen molar-refractivity contribution >= 4 is 11.6 Å². The number of amides is 1. The van der Waals surface area contributed by atoms with Gasteiger partial charge < -0.3 is 15.8 Å². The van der Waals surface area contributed by atoms with Gasteiger partial charge in [-0.2, -0.15) is 5.10 Å². The molecule has 2 rings (SSSR count). The van der Waals surface area contributed by atoms with Crippen LogP contribution in [0.3, 0.4) is 0 Å². The zero-order chi connectivity index (χ0) is 13.1. The largest absolute Gasteiger partial charge is 0.395 e. The van der Waals surface area contributed by atoms with Crippen molar-refractivity contribution in [3.05, 3.63) is 11.4 Å². The third-order valence-electron chi connectivity index (χ3n) is 3.33. The van der Waals surface area contributed by atoms with Gasteiger partial charge in [-0.25, -0.2) is 0 Å². The molecule has 2 heterocycles. The lowest BCUT2D eigenvalue weighted by atomic mass is 10.1. The highest BCUT2D eigenvalue weighted by Crippen LogP contribution is 2.17. The molecular weight excluding hydrogens is 232 g/mol. The van der Waals surface area contributed by atoms with Gasteiger partial charge in [-0.15, -0.1) is 0 Å². The Bertz CT molecular complexity index is 424. The number of carbonyl (C=O) groups is 1. The van der Waals surface area contributed by atoms with E-state index in [0.717, 1.165) is 31.6 Å². The van der Waals surface area contributed by atoms with Crippen LogP contribution < -0.4 is 11.1 Å². The number of nitrogens with one attached hydrogen (secondary N) is 2. The topological polar surface area (TPSA) is 93.0 Å². The standard InChI is InChI=1S/C12H20N4O2/c1-3-8-10(13)11(16-15-8)12(17)14-7(2)9-5-4-6-18-9/h7,9H,3-6,13H2,1-2H3,(H,14,17)(H,15,16). The lowest BCUT2D eigenvalue weighted by Crippen LogP contribution is -2.41. The van der Waals surface area contributed by atoms with Crippen LogP contribution in [0, 0.1) is 0 Å². The van der Waals surface area contributed by atoms with E-state index in [0.29, 0.717) is 5.69 Å². The predicted molar refractivity (Wildman–Crippen MR) is 68.3 cm³/mol. The summed E-state index contributed by atoms with van der Waals surface area (Å²) in [5.74, 6) is -0.244. The first-order chi connectivity index (χ1) is 8.63. The van der Waals surface area contributed by atoms with E-state index in [1.807, 2.05) is 13.8 Å². The summed E-state index contributed by atoms with van der Waals surface area (Å²) in [5.41, 5.74) is 7.37. The number of rotatable bonds is 4. The monoisotopic (exact) mass is 252 g/mol. The summed E-state index contributed by atoms with van der Waals surface area (Å²) in [6.07, 6.45) is 2.86. The Morgan fingerprint density at radius 2 is 2.50 bits per heavy atom. The molecule has 1 fully saturated rings. The number of anilines is 1. The number of hydrogen-bond acceptors (Lipinski definition) is 4. The number of aromatic nitrogens is 2. The summed E-state index contributed by atoms with van der Waals surface area (Å²) in [6.45, 7) is 4.67. The average Bonchev–Trinajstić information content (AvgIpc) is 2.97. The van der Waals surface area contributed by atoms with E-state index in [1.165, 1.54) is 0 Å². The Balaban J connectivity index is 2.00. The van der Waals surface area contributed by atoms with Crippen LogP contribution in [0.15, 0.2) is 0 Å². The van der Waals surface area contributed by atoms with Crippen LogP contribution in [0.2, 0.25) is 0 Å². The lowest BCUT2D eigenvalue weighted by Gasteiger charge is -2.19. The smallest absolute Gasteiger partial charge is 0.274 e. The first-order valence-electron chi connectivity index (χ1n) is 6.38. The summed E-state index contributed by atoms with van der Waals surface area (Å²) in [7, 11) is 0. The molecule has 0 spiro atoms. The van der Waals surface area contributed by atoms with Gasteiger partial charge in [0.2, 0.25) is 0 Å². The van der Waals surface area contributed by atoms with Gasteiger partial charge in [-0.1, -0.05) is 6.92 Å². The zero-order valence-corrected chi connectivity index (χ0v) is 10.8. The number of aryl methyl sites for hydroxylation is 1. The average molecular weight is 252 g/mol. The molecule has 1 aliphatic heterocycles. The number of nitrogen functional groups attached to an aromatic ring is 1. The molecule has 4 N–H and O–H groups in total. The minimum absolute atomic E-state index is 0.0267. The second kappa shape index (κ2) is 5.39. The highest BCUT2D eigenvalue weighted by atomic mass is 16.5. The van der Waals surface area contributed by atoms with Crippen LogP contribution in [-0.4, -0.2) is 34.9 Å². The molecule has 1 saturated heterocycles. The normalized spacial score (nSPS) is 20.9. The first-order valence-corrected chi connectivity index (χ1v) is 6.38. The number of aromatic amines is 1. The van der Waals surface area contributed by atoms with Crippen molar-refractivity contribution in [1.82, 2.24) is 15.5 Å². The number of carbonyl (C=O) groups excluding carboxylic acids is 1. The van der Waals surface area contributed by atoms with E-state index in [-0.39, 0.29) is 23.7 Å². The maximum absolute atomic E-state index is 12.0. The van der Waals surface area contributed by atoms with Crippen molar-refractivity contribution < 1.29 is 9.53 Å². The van der Waals surface area contributed by atoms with Crippen LogP contribution in [-0.2, 0) is 11.2 Å². The summed E-state index contributed by atoms with van der Waals surface area (Å²) >= 11 is 0. The second-order valence-electron chi connectivity index (χ2n) is 4.63. The van der Waals surface area contributed by atoms with Gasteiger partial charge in [0.15, 0.2) is 5.69 Å². The number of hydrogen-bond donors (Lipinski definition) is 3. The molecular formula is C12H20N4O2. The molecule has 1 aromatic heterocycles. The molecule has 0 aromatic carbocycles. The van der Waals surface area contributed by atoms with Crippen LogP contribution in [0.25, 0.3) is 0 Å². The van der Waals surface area contributed by atoms with Crippen molar-refractivity contribution in [2.45, 2.75) is 45.3 Å². The molecule has 2 unspecified atom stereocenters. The molecule has 18 heavy (non-hydrogen) atoms. The molecule has 1 aliphatic rings. The third-order valence-corrected chi connectivity index (χ3v) is 3.33. The van der Waals surface area contributed by atoms with Gasteiger partial charge in [0.1, 0.15) is 0 Å². The van der Waals surface area contributed by atoms with Crippen molar-refractivity contribution in [3.63, 3.8) is 0 Å². The van der Waals surface area contributed by atoms with Crippen molar-refractivity contribution in [1.29, 1.82) is 0 Å². The Hall–Kier alpha value is -1.56. The van der Waals surface area contributed by atoms with Crippen LogP contribution in [0.1, 0.15) is 42.9 Å². The van der Waals surface area contributed by atoms with Gasteiger partial charge in [-0.05, 0) is 26.2 Å². The summed E-state index contributed by atoms with van der Waals surface area (Å²) in [4.78, 5) is 12.0. The Morgan fingerprint density at radius 3 is 3.06 bits per heavy atom. The number of nitrogens with two attached hydrogens (primary N) is 1. The fraction of sp³-hybridized carbons (Fsp3) is 0.667. The Morgan fingerprint density at radius 1 is 1.72 bits per heavy atom. The predicted octanol–water partition coefficient (Wildman–Crippen LogP) is 0.852. The van der Waals surface area contributed by atoms with Gasteiger partial charge in [0, 0.05) is 6.61 Å². The highest BCUT2D eigenvalue weighted by Gasteiger charge is 2.25. The quantitative estimate of drug-likeness (QED) is 0.740. The molecule has 0 saturated carbocycles. The van der Waals surface area contributed by atoms with E-state index < -0.39 is 0 Å². The Labute approximate surface area is 106 Å². The SMILES string of the molecule is CCc1[nH]nc(C(=O)NC(C)C2CCCO2)c1N. The van der Waals surface area contributed by atoms with E-state index >= 15 is 0 Å². The maximum atomic E-state index is 12.0. The number of nitrogens with zero attached hydrogens (tertiary/aromatic N) is 1. The minimum Gasteiger partial charge on any atom is -0.395 e. The van der Waals surface area contributed by atoms with E-state index in [2.05, 4.69) is 15.5 Å². The molecule has 1 aromatic rings. The van der Waals surface area contributed by atoms with Crippen molar-refractivity contribution in [2.75, 3.05) is 12.3 Å². The van der Waals surface area contributed by atoms with Crippen LogP contribution in [0.5, 0.6) is 0 Å². The van der Waals surface area contributed by atoms with Crippen molar-refractivity contribution in [3.8, 4) is 0 Å². The molecule has 0 aliphatic carbocycles. The minimum atomic E-state index is -0.244. The maximum Gasteiger partial charge on any atom is 0.274 e. The Kier molecular flexibility index (Phi) is 3.86. The fourth-order valence-electron chi connectivity index (χ4n) is 2.19. The van der Waals surface area contributed by atoms with E-state index in [4.69, 9.17) is 10.5 Å². The summed E-state index contributed by atoms with van der Waals surface area (Å²) in [5, 5.41) is 9.63. The molecule has 0 bridgehead atoms. The van der Waals surface area contributed by atoms with Gasteiger partial charge >= 0.3 is 0 Å². The van der Waals surface area contributed by atoms with Crippen LogP contribution in [0.4, 0.5) is 5.69 Å². The van der Waals surface area contributed by atoms with E-state index in [9.17, 15) is 4.79 Å². The van der Waals surface area contributed by atoms with Gasteiger partial charge in [-0.3, -0.25) is 9.89 Å². The molecule has 6 nitrogen and oxygen atoms in total. The van der Waals surface area contributed by atoms with Crippen LogP contribution >= 0.6 is 0 Å². The van der Waals surface area contributed by atoms with Gasteiger partial charge in [0.05, 0.1) is 23.5 Å². The molecule has 2 atom stereocenters. The lowest BCUT2D eigenvalue weighted by molar-refractivity contribution is 0.0710.